The van der Waals surface area contributed by atoms with Gasteiger partial charge in [-0.25, -0.2) is 4.39 Å². The molecule has 1 heterocycles. The number of rotatable bonds is 7. The number of hydrogen-bond donors (Lipinski definition) is 0. The quantitative estimate of drug-likeness (QED) is 0.468. The molecule has 0 fully saturated rings. The Labute approximate surface area is 229 Å². The first-order valence-electron chi connectivity index (χ1n) is 13.1. The smallest absolute Gasteiger partial charge is 0.258 e. The first-order valence-corrected chi connectivity index (χ1v) is 13.5. The molecular weight excluding hydrogens is 509 g/mol. The first-order chi connectivity index (χ1) is 18.2. The minimum atomic E-state index is -0.639. The number of carbonyl (C=O) groups is 3. The maximum absolute atomic E-state index is 14.1. The second-order valence-corrected chi connectivity index (χ2v) is 10.2. The molecule has 3 rings (SSSR count). The Balaban J connectivity index is 1.65. The number of unbranched alkanes of at least 4 members (excludes halogenated alkanes) is 1. The summed E-state index contributed by atoms with van der Waals surface area (Å²) in [6.07, 6.45) is 4.21. The summed E-state index contributed by atoms with van der Waals surface area (Å²) >= 11 is 6.06. The molecule has 0 aliphatic carbocycles. The average Bonchev–Trinajstić information content (AvgIpc) is 2.91. The van der Waals surface area contributed by atoms with E-state index in [4.69, 9.17) is 16.3 Å². The van der Waals surface area contributed by atoms with Crippen LogP contribution in [0.25, 0.3) is 0 Å². The Kier molecular flexibility index (Phi) is 11.0. The van der Waals surface area contributed by atoms with Crippen molar-refractivity contribution in [1.29, 1.82) is 0 Å². The summed E-state index contributed by atoms with van der Waals surface area (Å²) in [4.78, 5) is 44.2. The minimum Gasteiger partial charge on any atom is -0.493 e. The largest absolute Gasteiger partial charge is 0.493 e. The zero-order chi connectivity index (χ0) is 27.7. The molecular formula is C29H37ClFN3O4. The molecule has 0 aromatic heterocycles. The maximum Gasteiger partial charge on any atom is 0.258 e. The van der Waals surface area contributed by atoms with Crippen LogP contribution in [-0.2, 0) is 16.0 Å². The van der Waals surface area contributed by atoms with Crippen LogP contribution in [-0.4, -0.2) is 79.3 Å². The van der Waals surface area contributed by atoms with E-state index in [1.54, 1.807) is 55.2 Å². The predicted molar refractivity (Wildman–Crippen MR) is 146 cm³/mol. The van der Waals surface area contributed by atoms with Crippen LogP contribution in [0.4, 0.5) is 4.39 Å². The average molecular weight is 546 g/mol. The van der Waals surface area contributed by atoms with Gasteiger partial charge in [-0.05, 0) is 62.8 Å². The highest BCUT2D eigenvalue weighted by molar-refractivity contribution is 6.31. The Bertz CT molecular complexity index is 1110. The van der Waals surface area contributed by atoms with Crippen molar-refractivity contribution in [2.45, 2.75) is 51.0 Å². The molecule has 2 aromatic rings. The lowest BCUT2D eigenvalue weighted by atomic mass is 10.0. The topological polar surface area (TPSA) is 70.2 Å². The van der Waals surface area contributed by atoms with Gasteiger partial charge in [-0.3, -0.25) is 14.4 Å². The van der Waals surface area contributed by atoms with Crippen molar-refractivity contribution in [3.05, 3.63) is 64.4 Å². The van der Waals surface area contributed by atoms with Crippen LogP contribution < -0.4 is 4.74 Å². The monoisotopic (exact) mass is 545 g/mol. The van der Waals surface area contributed by atoms with Gasteiger partial charge >= 0.3 is 0 Å². The number of hydrogen-bond acceptors (Lipinski definition) is 4. The molecule has 0 radical (unpaired) electrons. The van der Waals surface area contributed by atoms with Gasteiger partial charge < -0.3 is 19.4 Å². The van der Waals surface area contributed by atoms with Gasteiger partial charge in [-0.1, -0.05) is 29.8 Å². The summed E-state index contributed by atoms with van der Waals surface area (Å²) in [5, 5.41) is 0.229. The SMILES string of the molecule is CN(CCCC[C@H]1C(=O)N(C)CCCCCOc2ccccc2C(=O)N1C)C(=O)Cc1c(F)cccc1Cl. The number of amides is 3. The van der Waals surface area contributed by atoms with Crippen molar-refractivity contribution in [1.82, 2.24) is 14.7 Å². The van der Waals surface area contributed by atoms with Crippen molar-refractivity contribution in [3.8, 4) is 5.75 Å². The van der Waals surface area contributed by atoms with Gasteiger partial charge in [-0.15, -0.1) is 0 Å². The van der Waals surface area contributed by atoms with E-state index in [-0.39, 0.29) is 34.7 Å². The second-order valence-electron chi connectivity index (χ2n) is 9.78. The lowest BCUT2D eigenvalue weighted by Crippen LogP contribution is -2.48. The molecule has 0 saturated carbocycles. The fraction of sp³-hybridized carbons (Fsp3) is 0.483. The van der Waals surface area contributed by atoms with Crippen molar-refractivity contribution < 1.29 is 23.5 Å². The molecule has 0 N–H and O–H groups in total. The molecule has 1 aliphatic heterocycles. The molecule has 0 unspecified atom stereocenters. The molecule has 0 saturated heterocycles. The molecule has 2 aromatic carbocycles. The van der Waals surface area contributed by atoms with Crippen LogP contribution in [0.3, 0.4) is 0 Å². The van der Waals surface area contributed by atoms with E-state index in [0.29, 0.717) is 50.3 Å². The second kappa shape index (κ2) is 14.1. The van der Waals surface area contributed by atoms with Crippen LogP contribution in [0.5, 0.6) is 5.75 Å². The van der Waals surface area contributed by atoms with E-state index in [0.717, 1.165) is 19.3 Å². The molecule has 0 spiro atoms. The van der Waals surface area contributed by atoms with E-state index in [9.17, 15) is 18.8 Å². The van der Waals surface area contributed by atoms with Gasteiger partial charge in [0.25, 0.3) is 5.91 Å². The summed E-state index contributed by atoms with van der Waals surface area (Å²) in [6.45, 7) is 1.57. The Morgan fingerprint density at radius 2 is 1.84 bits per heavy atom. The molecule has 7 nitrogen and oxygen atoms in total. The molecule has 1 atom stereocenters. The van der Waals surface area contributed by atoms with E-state index in [1.807, 2.05) is 6.07 Å². The normalized spacial score (nSPS) is 17.1. The van der Waals surface area contributed by atoms with Gasteiger partial charge in [0, 0.05) is 44.8 Å². The lowest BCUT2D eigenvalue weighted by molar-refractivity contribution is -0.135. The van der Waals surface area contributed by atoms with Crippen molar-refractivity contribution in [2.75, 3.05) is 40.8 Å². The van der Waals surface area contributed by atoms with Gasteiger partial charge in [0.05, 0.1) is 18.6 Å². The standard InChI is InChI=1S/C29H37ClFN3O4/c1-32(27(35)20-22-23(30)13-11-14-24(22)31)17-9-7-15-25-29(37)33(2)18-8-4-10-19-38-26-16-6-5-12-21(26)28(36)34(25)3/h5-6,11-14,16,25H,4,7-10,15,17-20H2,1-3H3/t25-/m0/s1. The molecule has 9 heteroatoms. The van der Waals surface area contributed by atoms with Gasteiger partial charge in [0.2, 0.25) is 11.8 Å². The summed E-state index contributed by atoms with van der Waals surface area (Å²) in [5.41, 5.74) is 0.625. The van der Waals surface area contributed by atoms with Crippen LogP contribution in [0.2, 0.25) is 5.02 Å². The molecule has 3 amide bonds. The molecule has 1 aliphatic rings. The number of fused-ring (bicyclic) bond motifs is 1. The van der Waals surface area contributed by atoms with Gasteiger partial charge in [-0.2, -0.15) is 0 Å². The van der Waals surface area contributed by atoms with E-state index < -0.39 is 11.9 Å². The zero-order valence-electron chi connectivity index (χ0n) is 22.4. The highest BCUT2D eigenvalue weighted by atomic mass is 35.5. The lowest BCUT2D eigenvalue weighted by Gasteiger charge is -2.31. The number of benzene rings is 2. The highest BCUT2D eigenvalue weighted by Gasteiger charge is 2.31. The summed E-state index contributed by atoms with van der Waals surface area (Å²) in [7, 11) is 5.10. The van der Waals surface area contributed by atoms with Crippen LogP contribution >= 0.6 is 11.6 Å². The Hall–Kier alpha value is -3.13. The van der Waals surface area contributed by atoms with E-state index >= 15 is 0 Å². The van der Waals surface area contributed by atoms with Crippen LogP contribution in [0.15, 0.2) is 42.5 Å². The molecule has 38 heavy (non-hydrogen) atoms. The fourth-order valence-electron chi connectivity index (χ4n) is 4.56. The number of nitrogens with zero attached hydrogens (tertiary/aromatic N) is 3. The number of likely N-dealkylation sites (N-methyl/N-ethyl adjacent to an activating group) is 3. The summed E-state index contributed by atoms with van der Waals surface area (Å²) in [5.74, 6) is -0.574. The number of halogens is 2. The third-order valence-corrected chi connectivity index (χ3v) is 7.35. The van der Waals surface area contributed by atoms with Crippen molar-refractivity contribution in [2.24, 2.45) is 0 Å². The van der Waals surface area contributed by atoms with Crippen molar-refractivity contribution >= 4 is 29.3 Å². The summed E-state index contributed by atoms with van der Waals surface area (Å²) in [6, 6.07) is 10.8. The zero-order valence-corrected chi connectivity index (χ0v) is 23.2. The van der Waals surface area contributed by atoms with E-state index in [2.05, 4.69) is 0 Å². The van der Waals surface area contributed by atoms with Gasteiger partial charge in [0.15, 0.2) is 0 Å². The van der Waals surface area contributed by atoms with Crippen molar-refractivity contribution in [3.63, 3.8) is 0 Å². The predicted octanol–water partition coefficient (Wildman–Crippen LogP) is 4.81. The molecule has 206 valence electrons. The Morgan fingerprint density at radius 3 is 2.61 bits per heavy atom. The molecule has 0 bridgehead atoms. The van der Waals surface area contributed by atoms with Crippen LogP contribution in [0, 0.1) is 5.82 Å². The number of ether oxygens (including phenoxy) is 1. The number of para-hydroxylation sites is 1. The fourth-order valence-corrected chi connectivity index (χ4v) is 4.79. The maximum atomic E-state index is 14.1. The number of carbonyl (C=O) groups excluding carboxylic acids is 3. The van der Waals surface area contributed by atoms with E-state index in [1.165, 1.54) is 17.0 Å². The van der Waals surface area contributed by atoms with Gasteiger partial charge in [0.1, 0.15) is 17.6 Å². The highest BCUT2D eigenvalue weighted by Crippen LogP contribution is 2.24. The Morgan fingerprint density at radius 1 is 1.08 bits per heavy atom. The third kappa shape index (κ3) is 7.69. The van der Waals surface area contributed by atoms with Crippen LogP contribution in [0.1, 0.15) is 54.4 Å². The third-order valence-electron chi connectivity index (χ3n) is 7.00. The minimum absolute atomic E-state index is 0.0999. The first kappa shape index (κ1) is 29.4. The summed E-state index contributed by atoms with van der Waals surface area (Å²) < 4.78 is 20.0.